The van der Waals surface area contributed by atoms with Gasteiger partial charge in [-0.25, -0.2) is 0 Å². The quantitative estimate of drug-likeness (QED) is 0.783. The molecule has 0 spiro atoms. The van der Waals surface area contributed by atoms with E-state index in [9.17, 15) is 5.11 Å². The monoisotopic (exact) mass is 367 g/mol. The molecule has 1 atom stereocenters. The Balaban J connectivity index is 1.44. The van der Waals surface area contributed by atoms with Crippen LogP contribution in [0.25, 0.3) is 0 Å². The van der Waals surface area contributed by atoms with E-state index in [1.54, 1.807) is 0 Å². The van der Waals surface area contributed by atoms with Crippen LogP contribution in [0.1, 0.15) is 43.8 Å². The first-order valence-corrected chi connectivity index (χ1v) is 10.2. The van der Waals surface area contributed by atoms with Gasteiger partial charge in [0.15, 0.2) is 0 Å². The molecule has 0 unspecified atom stereocenters. The van der Waals surface area contributed by atoms with Gasteiger partial charge in [-0.3, -0.25) is 0 Å². The van der Waals surface area contributed by atoms with Crippen LogP contribution in [0.15, 0.2) is 36.4 Å². The van der Waals surface area contributed by atoms with Crippen molar-refractivity contribution in [3.8, 4) is 0 Å². The molecule has 6 nitrogen and oxygen atoms in total. The number of nitrogens with one attached hydrogen (secondary N) is 1. The number of anilines is 3. The average molecular weight is 367 g/mol. The summed E-state index contributed by atoms with van der Waals surface area (Å²) in [5.74, 6) is 2.72. The zero-order chi connectivity index (χ0) is 18.5. The SMILES string of the molecule is O[C@@H](CCNc1cc(N2CCCC2)nc(N2CCCC2)n1)c1ccccc1. The van der Waals surface area contributed by atoms with Crippen molar-refractivity contribution in [1.29, 1.82) is 0 Å². The summed E-state index contributed by atoms with van der Waals surface area (Å²) in [6.07, 6.45) is 5.07. The Morgan fingerprint density at radius 2 is 1.59 bits per heavy atom. The molecule has 1 aromatic carbocycles. The standard InChI is InChI=1S/C21H29N5O/c27-18(17-8-2-1-3-9-17)10-11-22-19-16-20(25-12-4-5-13-25)24-21(23-19)26-14-6-7-15-26/h1-3,8-9,16,18,27H,4-7,10-15H2,(H,22,23,24)/t18-/m0/s1. The van der Waals surface area contributed by atoms with E-state index in [4.69, 9.17) is 9.97 Å². The van der Waals surface area contributed by atoms with Crippen molar-refractivity contribution in [2.45, 2.75) is 38.2 Å². The van der Waals surface area contributed by atoms with Crippen LogP contribution in [-0.2, 0) is 0 Å². The number of aliphatic hydroxyl groups excluding tert-OH is 1. The lowest BCUT2D eigenvalue weighted by atomic mass is 10.1. The molecule has 2 saturated heterocycles. The summed E-state index contributed by atoms with van der Waals surface area (Å²) in [7, 11) is 0. The van der Waals surface area contributed by atoms with Gasteiger partial charge < -0.3 is 20.2 Å². The lowest BCUT2D eigenvalue weighted by molar-refractivity contribution is 0.171. The van der Waals surface area contributed by atoms with E-state index >= 15 is 0 Å². The van der Waals surface area contributed by atoms with Gasteiger partial charge in [0.1, 0.15) is 11.6 Å². The maximum Gasteiger partial charge on any atom is 0.229 e. The molecule has 0 radical (unpaired) electrons. The fourth-order valence-corrected chi connectivity index (χ4v) is 3.86. The maximum absolute atomic E-state index is 10.4. The highest BCUT2D eigenvalue weighted by Crippen LogP contribution is 2.26. The molecule has 2 N–H and O–H groups in total. The molecule has 4 rings (SSSR count). The van der Waals surface area contributed by atoms with Gasteiger partial charge >= 0.3 is 0 Å². The summed E-state index contributed by atoms with van der Waals surface area (Å²) in [4.78, 5) is 14.2. The van der Waals surface area contributed by atoms with Gasteiger partial charge in [0, 0.05) is 38.8 Å². The van der Waals surface area contributed by atoms with Crippen LogP contribution < -0.4 is 15.1 Å². The lowest BCUT2D eigenvalue weighted by Gasteiger charge is -2.22. The van der Waals surface area contributed by atoms with Crippen LogP contribution in [0.3, 0.4) is 0 Å². The van der Waals surface area contributed by atoms with E-state index in [0.717, 1.165) is 49.3 Å². The molecule has 144 valence electrons. The number of aromatic nitrogens is 2. The number of hydrogen-bond donors (Lipinski definition) is 2. The van der Waals surface area contributed by atoms with Crippen LogP contribution in [0.4, 0.5) is 17.6 Å². The summed E-state index contributed by atoms with van der Waals surface area (Å²) in [6.45, 7) is 4.89. The minimum Gasteiger partial charge on any atom is -0.388 e. The van der Waals surface area contributed by atoms with E-state index in [0.29, 0.717) is 13.0 Å². The van der Waals surface area contributed by atoms with Gasteiger partial charge in [-0.1, -0.05) is 30.3 Å². The minimum atomic E-state index is -0.461. The van der Waals surface area contributed by atoms with Gasteiger partial charge in [0.25, 0.3) is 0 Å². The van der Waals surface area contributed by atoms with Crippen LogP contribution in [-0.4, -0.2) is 47.8 Å². The molecule has 0 aliphatic carbocycles. The minimum absolute atomic E-state index is 0.461. The molecule has 2 aliphatic heterocycles. The van der Waals surface area contributed by atoms with Crippen LogP contribution in [0.5, 0.6) is 0 Å². The second kappa shape index (κ2) is 8.57. The highest BCUT2D eigenvalue weighted by atomic mass is 16.3. The fraction of sp³-hybridized carbons (Fsp3) is 0.524. The first-order chi connectivity index (χ1) is 13.3. The Labute approximate surface area is 161 Å². The molecule has 3 heterocycles. The third kappa shape index (κ3) is 4.50. The summed E-state index contributed by atoms with van der Waals surface area (Å²) in [5.41, 5.74) is 0.956. The summed E-state index contributed by atoms with van der Waals surface area (Å²) < 4.78 is 0. The van der Waals surface area contributed by atoms with Crippen molar-refractivity contribution in [2.75, 3.05) is 47.8 Å². The number of hydrogen-bond acceptors (Lipinski definition) is 6. The highest BCUT2D eigenvalue weighted by molar-refractivity contribution is 5.55. The summed E-state index contributed by atoms with van der Waals surface area (Å²) >= 11 is 0. The molecule has 0 amide bonds. The van der Waals surface area contributed by atoms with Crippen molar-refractivity contribution in [3.05, 3.63) is 42.0 Å². The van der Waals surface area contributed by atoms with Crippen LogP contribution >= 0.6 is 0 Å². The third-order valence-electron chi connectivity index (χ3n) is 5.43. The van der Waals surface area contributed by atoms with Crippen molar-refractivity contribution < 1.29 is 5.11 Å². The first kappa shape index (κ1) is 18.0. The molecular formula is C21H29N5O. The molecular weight excluding hydrogens is 338 g/mol. The van der Waals surface area contributed by atoms with E-state index in [2.05, 4.69) is 21.2 Å². The molecule has 2 aliphatic rings. The number of nitrogens with zero attached hydrogens (tertiary/aromatic N) is 4. The van der Waals surface area contributed by atoms with Gasteiger partial charge in [0.2, 0.25) is 5.95 Å². The Morgan fingerprint density at radius 3 is 2.30 bits per heavy atom. The number of benzene rings is 1. The normalized spacial score (nSPS) is 18.1. The van der Waals surface area contributed by atoms with Gasteiger partial charge in [0.05, 0.1) is 6.10 Å². The topological polar surface area (TPSA) is 64.5 Å². The van der Waals surface area contributed by atoms with E-state index < -0.39 is 6.10 Å². The molecule has 0 saturated carbocycles. The highest BCUT2D eigenvalue weighted by Gasteiger charge is 2.20. The molecule has 6 heteroatoms. The Hall–Kier alpha value is -2.34. The molecule has 27 heavy (non-hydrogen) atoms. The molecule has 1 aromatic heterocycles. The summed E-state index contributed by atoms with van der Waals surface area (Å²) in [6, 6.07) is 11.9. The van der Waals surface area contributed by atoms with Crippen molar-refractivity contribution in [1.82, 2.24) is 9.97 Å². The Morgan fingerprint density at radius 1 is 0.926 bits per heavy atom. The van der Waals surface area contributed by atoms with E-state index in [1.165, 1.54) is 25.7 Å². The Kier molecular flexibility index (Phi) is 5.72. The maximum atomic E-state index is 10.4. The van der Waals surface area contributed by atoms with E-state index in [-0.39, 0.29) is 0 Å². The zero-order valence-electron chi connectivity index (χ0n) is 15.8. The fourth-order valence-electron chi connectivity index (χ4n) is 3.86. The molecule has 0 bridgehead atoms. The van der Waals surface area contributed by atoms with Gasteiger partial charge in [-0.15, -0.1) is 0 Å². The predicted molar refractivity (Wildman–Crippen MR) is 109 cm³/mol. The van der Waals surface area contributed by atoms with Crippen molar-refractivity contribution in [3.63, 3.8) is 0 Å². The van der Waals surface area contributed by atoms with Crippen LogP contribution in [0.2, 0.25) is 0 Å². The zero-order valence-corrected chi connectivity index (χ0v) is 15.8. The molecule has 2 aromatic rings. The average Bonchev–Trinajstić information content (AvgIpc) is 3.42. The van der Waals surface area contributed by atoms with Crippen LogP contribution in [0, 0.1) is 0 Å². The first-order valence-electron chi connectivity index (χ1n) is 10.2. The predicted octanol–water partition coefficient (Wildman–Crippen LogP) is 3.21. The van der Waals surface area contributed by atoms with Crippen molar-refractivity contribution in [2.24, 2.45) is 0 Å². The smallest absolute Gasteiger partial charge is 0.229 e. The van der Waals surface area contributed by atoms with E-state index in [1.807, 2.05) is 30.3 Å². The number of rotatable bonds is 7. The lowest BCUT2D eigenvalue weighted by Crippen LogP contribution is -2.25. The molecule has 2 fully saturated rings. The summed E-state index contributed by atoms with van der Waals surface area (Å²) in [5, 5.41) is 13.8. The third-order valence-corrected chi connectivity index (χ3v) is 5.43. The Bertz CT molecular complexity index is 692. The number of aliphatic hydroxyl groups is 1. The second-order valence-corrected chi connectivity index (χ2v) is 7.44. The van der Waals surface area contributed by atoms with Crippen molar-refractivity contribution >= 4 is 17.6 Å². The largest absolute Gasteiger partial charge is 0.388 e. The second-order valence-electron chi connectivity index (χ2n) is 7.44. The van der Waals surface area contributed by atoms with Gasteiger partial charge in [-0.2, -0.15) is 9.97 Å². The van der Waals surface area contributed by atoms with Gasteiger partial charge in [-0.05, 0) is 37.7 Å².